The van der Waals surface area contributed by atoms with Gasteiger partial charge in [0, 0.05) is 23.6 Å². The fourth-order valence-corrected chi connectivity index (χ4v) is 4.59. The first kappa shape index (κ1) is 21.7. The number of amides is 1. The lowest BCUT2D eigenvalue weighted by molar-refractivity contribution is -0.0445. The molecule has 2 aromatic rings. The van der Waals surface area contributed by atoms with Crippen molar-refractivity contribution in [1.29, 1.82) is 0 Å². The molecule has 0 N–H and O–H groups in total. The van der Waals surface area contributed by atoms with Crippen LogP contribution in [-0.2, 0) is 18.9 Å². The fourth-order valence-electron chi connectivity index (χ4n) is 4.59. The van der Waals surface area contributed by atoms with E-state index in [2.05, 4.69) is 15.2 Å². The molecule has 0 bridgehead atoms. The summed E-state index contributed by atoms with van der Waals surface area (Å²) >= 11 is 0. The Bertz CT molecular complexity index is 1100. The third kappa shape index (κ3) is 3.82. The number of benzene rings is 1. The van der Waals surface area contributed by atoms with Gasteiger partial charge in [0.05, 0.1) is 49.1 Å². The summed E-state index contributed by atoms with van der Waals surface area (Å²) in [5.74, 6) is -0.542. The number of hydrogen-bond donors (Lipinski definition) is 0. The van der Waals surface area contributed by atoms with Gasteiger partial charge in [-0.1, -0.05) is 10.3 Å². The second kappa shape index (κ2) is 8.67. The minimum absolute atomic E-state index is 0.0119. The average Bonchev–Trinajstić information content (AvgIpc) is 3.51. The molecule has 1 unspecified atom stereocenters. The smallest absolute Gasteiger partial charge is 0.416 e. The second-order valence-electron chi connectivity index (χ2n) is 8.26. The standard InChI is InChI=1S/C20H23FN6O6/c1-10-7-26(8-11(2)32-10)16-13(19-29-3-4-30-19)5-14-17(15(16)21)33-24-18(14)27-12(6-23-25-22)9-31-20(27)28/h5,10-12,19H,3-4,6-9H2,1-2H3/t10-,11-,12?/m1/s1. The van der Waals surface area contributed by atoms with Crippen LogP contribution < -0.4 is 9.80 Å². The predicted octanol–water partition coefficient (Wildman–Crippen LogP) is 3.26. The third-order valence-corrected chi connectivity index (χ3v) is 5.85. The zero-order chi connectivity index (χ0) is 23.1. The number of halogens is 1. The van der Waals surface area contributed by atoms with Crippen molar-refractivity contribution in [1.82, 2.24) is 5.16 Å². The molecule has 3 atom stereocenters. The lowest BCUT2D eigenvalue weighted by atomic mass is 10.0. The molecule has 3 aliphatic heterocycles. The number of rotatable bonds is 5. The Labute approximate surface area is 187 Å². The number of aromatic nitrogens is 1. The zero-order valence-electron chi connectivity index (χ0n) is 18.1. The van der Waals surface area contributed by atoms with Gasteiger partial charge in [-0.05, 0) is 25.4 Å². The first-order valence-corrected chi connectivity index (χ1v) is 10.7. The molecule has 4 heterocycles. The molecule has 0 aliphatic carbocycles. The van der Waals surface area contributed by atoms with E-state index in [1.165, 1.54) is 4.90 Å². The van der Waals surface area contributed by atoms with Crippen LogP contribution in [0.2, 0.25) is 0 Å². The quantitative estimate of drug-likeness (QED) is 0.375. The van der Waals surface area contributed by atoms with Crippen LogP contribution in [0.15, 0.2) is 15.7 Å². The van der Waals surface area contributed by atoms with E-state index >= 15 is 4.39 Å². The topological polar surface area (TPSA) is 135 Å². The largest absolute Gasteiger partial charge is 0.447 e. The molecule has 33 heavy (non-hydrogen) atoms. The van der Waals surface area contributed by atoms with E-state index in [9.17, 15) is 4.79 Å². The van der Waals surface area contributed by atoms with Gasteiger partial charge < -0.3 is 28.4 Å². The Morgan fingerprint density at radius 3 is 2.70 bits per heavy atom. The molecule has 0 radical (unpaired) electrons. The predicted molar refractivity (Wildman–Crippen MR) is 112 cm³/mol. The number of carbonyl (C=O) groups excluding carboxylic acids is 1. The summed E-state index contributed by atoms with van der Waals surface area (Å²) < 4.78 is 43.7. The van der Waals surface area contributed by atoms with Crippen molar-refractivity contribution in [3.05, 3.63) is 27.9 Å². The van der Waals surface area contributed by atoms with E-state index in [4.69, 9.17) is 29.0 Å². The number of nitrogens with zero attached hydrogens (tertiary/aromatic N) is 6. The summed E-state index contributed by atoms with van der Waals surface area (Å²) in [5.41, 5.74) is 9.33. The van der Waals surface area contributed by atoms with Crippen molar-refractivity contribution in [2.24, 2.45) is 5.11 Å². The summed E-state index contributed by atoms with van der Waals surface area (Å²) in [5, 5.41) is 7.78. The Morgan fingerprint density at radius 1 is 1.27 bits per heavy atom. The van der Waals surface area contributed by atoms with Crippen LogP contribution in [0.1, 0.15) is 25.7 Å². The Balaban J connectivity index is 1.64. The van der Waals surface area contributed by atoms with Crippen molar-refractivity contribution in [3.63, 3.8) is 0 Å². The number of ether oxygens (including phenoxy) is 4. The van der Waals surface area contributed by atoms with Crippen LogP contribution in [-0.4, -0.2) is 69.0 Å². The number of carbonyl (C=O) groups is 1. The van der Waals surface area contributed by atoms with Gasteiger partial charge in [-0.3, -0.25) is 4.90 Å². The SMILES string of the molecule is C[C@@H]1CN(c2c(C3OCCO3)cc3c(N4C(=O)OCC4CN=[N+]=[N-])noc3c2F)C[C@@H](C)O1. The van der Waals surface area contributed by atoms with Gasteiger partial charge in [0.1, 0.15) is 6.61 Å². The van der Waals surface area contributed by atoms with Gasteiger partial charge in [-0.2, -0.15) is 0 Å². The maximum Gasteiger partial charge on any atom is 0.416 e. The number of fused-ring (bicyclic) bond motifs is 1. The highest BCUT2D eigenvalue weighted by atomic mass is 19.1. The number of cyclic esters (lactones) is 1. The van der Waals surface area contributed by atoms with Crippen LogP contribution in [0.25, 0.3) is 21.4 Å². The van der Waals surface area contributed by atoms with E-state index < -0.39 is 24.2 Å². The van der Waals surface area contributed by atoms with E-state index in [0.29, 0.717) is 37.6 Å². The molecule has 1 aromatic heterocycles. The molecule has 0 saturated carbocycles. The molecule has 1 amide bonds. The van der Waals surface area contributed by atoms with Crippen molar-refractivity contribution >= 4 is 28.6 Å². The minimum Gasteiger partial charge on any atom is -0.447 e. The first-order chi connectivity index (χ1) is 16.0. The van der Waals surface area contributed by atoms with Crippen molar-refractivity contribution in [3.8, 4) is 0 Å². The lowest BCUT2D eigenvalue weighted by Gasteiger charge is -2.38. The summed E-state index contributed by atoms with van der Waals surface area (Å²) in [7, 11) is 0. The van der Waals surface area contributed by atoms with Crippen molar-refractivity contribution in [2.45, 2.75) is 38.4 Å². The van der Waals surface area contributed by atoms with Gasteiger partial charge in [0.2, 0.25) is 5.58 Å². The molecule has 12 nitrogen and oxygen atoms in total. The Morgan fingerprint density at radius 2 is 2.00 bits per heavy atom. The molecule has 1 aromatic carbocycles. The monoisotopic (exact) mass is 462 g/mol. The first-order valence-electron chi connectivity index (χ1n) is 10.7. The Kier molecular flexibility index (Phi) is 5.71. The molecule has 3 fully saturated rings. The summed E-state index contributed by atoms with van der Waals surface area (Å²) in [6, 6.07) is 1.09. The number of hydrogen-bond acceptors (Lipinski definition) is 9. The summed E-state index contributed by atoms with van der Waals surface area (Å²) in [6.45, 7) is 5.54. The van der Waals surface area contributed by atoms with Crippen LogP contribution in [0.3, 0.4) is 0 Å². The second-order valence-corrected chi connectivity index (χ2v) is 8.26. The average molecular weight is 462 g/mol. The highest BCUT2D eigenvalue weighted by Crippen LogP contribution is 2.42. The van der Waals surface area contributed by atoms with Gasteiger partial charge in [-0.25, -0.2) is 9.18 Å². The molecule has 5 rings (SSSR count). The number of anilines is 2. The Hall–Kier alpha value is -3.12. The maximum absolute atomic E-state index is 16.0. The molecule has 3 saturated heterocycles. The molecular formula is C20H23FN6O6. The molecular weight excluding hydrogens is 439 g/mol. The molecule has 0 spiro atoms. The minimum atomic E-state index is -0.778. The maximum atomic E-state index is 16.0. The highest BCUT2D eigenvalue weighted by molar-refractivity contribution is 6.01. The van der Waals surface area contributed by atoms with Gasteiger partial charge >= 0.3 is 6.09 Å². The van der Waals surface area contributed by atoms with Crippen LogP contribution in [0, 0.1) is 5.82 Å². The summed E-state index contributed by atoms with van der Waals surface area (Å²) in [4.78, 5) is 18.3. The normalized spacial score (nSPS) is 26.2. The zero-order valence-corrected chi connectivity index (χ0v) is 18.1. The van der Waals surface area contributed by atoms with E-state index in [0.717, 1.165) is 0 Å². The van der Waals surface area contributed by atoms with E-state index in [1.54, 1.807) is 6.07 Å². The van der Waals surface area contributed by atoms with Crippen LogP contribution in [0.4, 0.5) is 20.7 Å². The van der Waals surface area contributed by atoms with Crippen molar-refractivity contribution in [2.75, 3.05) is 49.3 Å². The number of morpholine rings is 1. The highest BCUT2D eigenvalue weighted by Gasteiger charge is 2.39. The molecule has 3 aliphatic rings. The van der Waals surface area contributed by atoms with E-state index in [-0.39, 0.29) is 42.1 Å². The number of azide groups is 1. The molecule has 13 heteroatoms. The fraction of sp³-hybridized carbons (Fsp3) is 0.600. The lowest BCUT2D eigenvalue weighted by Crippen LogP contribution is -2.46. The summed E-state index contributed by atoms with van der Waals surface area (Å²) in [6.07, 6.45) is -1.67. The molecule has 176 valence electrons. The van der Waals surface area contributed by atoms with Gasteiger partial charge in [0.25, 0.3) is 0 Å². The third-order valence-electron chi connectivity index (χ3n) is 5.85. The van der Waals surface area contributed by atoms with Crippen LogP contribution >= 0.6 is 0 Å². The van der Waals surface area contributed by atoms with Crippen LogP contribution in [0.5, 0.6) is 0 Å². The van der Waals surface area contributed by atoms with Crippen molar-refractivity contribution < 1.29 is 32.7 Å². The van der Waals surface area contributed by atoms with Gasteiger partial charge in [0.15, 0.2) is 17.9 Å². The van der Waals surface area contributed by atoms with E-state index in [1.807, 2.05) is 18.7 Å². The van der Waals surface area contributed by atoms with Gasteiger partial charge in [-0.15, -0.1) is 0 Å².